The highest BCUT2D eigenvalue weighted by molar-refractivity contribution is 5.32. The minimum atomic E-state index is 0.423. The maximum atomic E-state index is 9.73. The molecule has 0 atom stereocenters. The Labute approximate surface area is 66.5 Å². The van der Waals surface area contributed by atoms with Gasteiger partial charge in [-0.15, -0.1) is 0 Å². The molecule has 62 valence electrons. The van der Waals surface area contributed by atoms with Crippen LogP contribution in [0.15, 0.2) is 4.99 Å². The van der Waals surface area contributed by atoms with Gasteiger partial charge in [0, 0.05) is 6.61 Å². The second-order valence-corrected chi connectivity index (χ2v) is 2.85. The summed E-state index contributed by atoms with van der Waals surface area (Å²) >= 11 is 0. The normalized spacial score (nSPS) is 28.8. The van der Waals surface area contributed by atoms with Gasteiger partial charge in [-0.05, 0) is 25.7 Å². The number of isocyanates is 1. The molecule has 11 heavy (non-hydrogen) atoms. The Bertz CT molecular complexity index is 157. The number of hydrogen-bond donors (Lipinski definition) is 0. The van der Waals surface area contributed by atoms with Crippen molar-refractivity contribution < 1.29 is 9.53 Å². The van der Waals surface area contributed by atoms with Crippen LogP contribution in [0.25, 0.3) is 0 Å². The van der Waals surface area contributed by atoms with Crippen LogP contribution >= 0.6 is 0 Å². The molecular formula is C8H13NO2. The Morgan fingerprint density at radius 3 is 2.91 bits per heavy atom. The molecule has 1 rings (SSSR count). The summed E-state index contributed by atoms with van der Waals surface area (Å²) < 4.78 is 5.35. The molecule has 0 bridgehead atoms. The Morgan fingerprint density at radius 2 is 2.36 bits per heavy atom. The van der Waals surface area contributed by atoms with Gasteiger partial charge in [0.1, 0.15) is 0 Å². The van der Waals surface area contributed by atoms with Crippen molar-refractivity contribution >= 4 is 6.08 Å². The van der Waals surface area contributed by atoms with E-state index in [-0.39, 0.29) is 0 Å². The van der Waals surface area contributed by atoms with Crippen LogP contribution in [0.4, 0.5) is 0 Å². The number of hydrogen-bond acceptors (Lipinski definition) is 3. The molecule has 0 aromatic rings. The van der Waals surface area contributed by atoms with Crippen molar-refractivity contribution in [1.82, 2.24) is 0 Å². The molecule has 0 heterocycles. The van der Waals surface area contributed by atoms with Crippen LogP contribution in [0.5, 0.6) is 0 Å². The van der Waals surface area contributed by atoms with E-state index in [1.165, 1.54) is 0 Å². The zero-order valence-corrected chi connectivity index (χ0v) is 6.75. The van der Waals surface area contributed by atoms with Gasteiger partial charge in [-0.2, -0.15) is 0 Å². The zero-order chi connectivity index (χ0) is 8.10. The van der Waals surface area contributed by atoms with E-state index < -0.39 is 0 Å². The second kappa shape index (κ2) is 4.27. The molecule has 3 nitrogen and oxygen atoms in total. The highest BCUT2D eigenvalue weighted by atomic mass is 16.5. The Morgan fingerprint density at radius 1 is 1.64 bits per heavy atom. The lowest BCUT2D eigenvalue weighted by Crippen LogP contribution is -2.32. The molecule has 0 radical (unpaired) electrons. The smallest absolute Gasteiger partial charge is 0.234 e. The topological polar surface area (TPSA) is 38.7 Å². The van der Waals surface area contributed by atoms with Crippen molar-refractivity contribution in [2.45, 2.75) is 25.9 Å². The van der Waals surface area contributed by atoms with E-state index in [0.29, 0.717) is 18.6 Å². The number of nitrogens with zero attached hydrogens (tertiary/aromatic N) is 1. The minimum absolute atomic E-state index is 0.423. The van der Waals surface area contributed by atoms with Crippen molar-refractivity contribution in [2.24, 2.45) is 10.9 Å². The van der Waals surface area contributed by atoms with E-state index in [9.17, 15) is 4.79 Å². The summed E-state index contributed by atoms with van der Waals surface area (Å²) in [6.07, 6.45) is 4.08. The van der Waals surface area contributed by atoms with Crippen LogP contribution in [0.2, 0.25) is 0 Å². The summed E-state index contributed by atoms with van der Waals surface area (Å²) in [5.41, 5.74) is 0. The third-order valence-electron chi connectivity index (χ3n) is 2.01. The molecule has 0 N–H and O–H groups in total. The number of ether oxygens (including phenoxy) is 1. The Balaban J connectivity index is 2.04. The van der Waals surface area contributed by atoms with Gasteiger partial charge in [0.25, 0.3) is 0 Å². The third-order valence-corrected chi connectivity index (χ3v) is 2.01. The van der Waals surface area contributed by atoms with Gasteiger partial charge in [0.05, 0.1) is 12.6 Å². The first-order chi connectivity index (χ1) is 5.36. The molecular weight excluding hydrogens is 142 g/mol. The van der Waals surface area contributed by atoms with E-state index in [1.807, 2.05) is 6.92 Å². The van der Waals surface area contributed by atoms with Crippen LogP contribution < -0.4 is 0 Å². The molecule has 1 aliphatic rings. The standard InChI is InChI=1S/C8H13NO2/c1-2-11-8-3-7(4-8)5-9-6-10/h7-8H,2-5H2,1H3. The predicted octanol–water partition coefficient (Wildman–Crippen LogP) is 1.14. The van der Waals surface area contributed by atoms with Crippen LogP contribution in [0.3, 0.4) is 0 Å². The van der Waals surface area contributed by atoms with E-state index >= 15 is 0 Å². The summed E-state index contributed by atoms with van der Waals surface area (Å²) in [6, 6.07) is 0. The molecule has 1 aliphatic carbocycles. The van der Waals surface area contributed by atoms with E-state index in [0.717, 1.165) is 19.4 Å². The monoisotopic (exact) mass is 155 g/mol. The van der Waals surface area contributed by atoms with Crippen molar-refractivity contribution in [3.8, 4) is 0 Å². The highest BCUT2D eigenvalue weighted by Crippen LogP contribution is 2.29. The SMILES string of the molecule is CCOC1CC(CN=C=O)C1. The maximum absolute atomic E-state index is 9.73. The lowest BCUT2D eigenvalue weighted by atomic mass is 9.82. The fourth-order valence-electron chi connectivity index (χ4n) is 1.36. The molecule has 0 aliphatic heterocycles. The van der Waals surface area contributed by atoms with Gasteiger partial charge in [-0.25, -0.2) is 9.79 Å². The van der Waals surface area contributed by atoms with Crippen LogP contribution in [0, 0.1) is 5.92 Å². The van der Waals surface area contributed by atoms with E-state index in [1.54, 1.807) is 6.08 Å². The third kappa shape index (κ3) is 2.45. The summed E-state index contributed by atoms with van der Waals surface area (Å²) in [7, 11) is 0. The van der Waals surface area contributed by atoms with Gasteiger partial charge in [-0.3, -0.25) is 0 Å². The molecule has 1 fully saturated rings. The van der Waals surface area contributed by atoms with Crippen LogP contribution in [-0.2, 0) is 9.53 Å². The van der Waals surface area contributed by atoms with Gasteiger partial charge < -0.3 is 4.74 Å². The molecule has 0 unspecified atom stereocenters. The molecule has 1 saturated carbocycles. The van der Waals surface area contributed by atoms with Crippen molar-refractivity contribution in [3.63, 3.8) is 0 Å². The van der Waals surface area contributed by atoms with Crippen molar-refractivity contribution in [3.05, 3.63) is 0 Å². The second-order valence-electron chi connectivity index (χ2n) is 2.85. The van der Waals surface area contributed by atoms with Crippen molar-refractivity contribution in [1.29, 1.82) is 0 Å². The fraction of sp³-hybridized carbons (Fsp3) is 0.875. The predicted molar refractivity (Wildman–Crippen MR) is 41.1 cm³/mol. The first-order valence-corrected chi connectivity index (χ1v) is 4.02. The summed E-state index contributed by atoms with van der Waals surface area (Å²) in [6.45, 7) is 3.41. The Kier molecular flexibility index (Phi) is 3.27. The zero-order valence-electron chi connectivity index (χ0n) is 6.75. The number of aliphatic imine (C=N–C) groups is 1. The summed E-state index contributed by atoms with van der Waals surface area (Å²) in [4.78, 5) is 13.3. The molecule has 3 heteroatoms. The van der Waals surface area contributed by atoms with Gasteiger partial charge >= 0.3 is 0 Å². The lowest BCUT2D eigenvalue weighted by molar-refractivity contribution is -0.0214. The van der Waals surface area contributed by atoms with Gasteiger partial charge in [-0.1, -0.05) is 0 Å². The first-order valence-electron chi connectivity index (χ1n) is 4.02. The first kappa shape index (κ1) is 8.44. The fourth-order valence-corrected chi connectivity index (χ4v) is 1.36. The van der Waals surface area contributed by atoms with E-state index in [4.69, 9.17) is 4.74 Å². The minimum Gasteiger partial charge on any atom is -0.378 e. The Hall–Kier alpha value is -0.660. The van der Waals surface area contributed by atoms with Crippen LogP contribution in [-0.4, -0.2) is 25.3 Å². The summed E-state index contributed by atoms with van der Waals surface area (Å²) in [5.74, 6) is 0.563. The van der Waals surface area contributed by atoms with Crippen molar-refractivity contribution in [2.75, 3.05) is 13.2 Å². The molecule has 0 amide bonds. The molecule has 0 aromatic carbocycles. The number of carbonyl (C=O) groups excluding carboxylic acids is 1. The summed E-state index contributed by atoms with van der Waals surface area (Å²) in [5, 5.41) is 0. The largest absolute Gasteiger partial charge is 0.378 e. The average molecular weight is 155 g/mol. The quantitative estimate of drug-likeness (QED) is 0.451. The number of rotatable bonds is 4. The molecule has 0 aromatic heterocycles. The van der Waals surface area contributed by atoms with E-state index in [2.05, 4.69) is 4.99 Å². The van der Waals surface area contributed by atoms with Crippen LogP contribution in [0.1, 0.15) is 19.8 Å². The maximum Gasteiger partial charge on any atom is 0.234 e. The van der Waals surface area contributed by atoms with Gasteiger partial charge in [0.15, 0.2) is 0 Å². The molecule has 0 spiro atoms. The lowest BCUT2D eigenvalue weighted by Gasteiger charge is -2.33. The average Bonchev–Trinajstić information content (AvgIpc) is 1.94. The molecule has 0 saturated heterocycles. The highest BCUT2D eigenvalue weighted by Gasteiger charge is 2.28. The van der Waals surface area contributed by atoms with Gasteiger partial charge in [0.2, 0.25) is 6.08 Å².